The first-order chi connectivity index (χ1) is 8.22. The van der Waals surface area contributed by atoms with Crippen molar-refractivity contribution in [1.82, 2.24) is 10.2 Å². The van der Waals surface area contributed by atoms with Crippen LogP contribution in [0.4, 0.5) is 0 Å². The minimum Gasteiger partial charge on any atom is -0.337 e. The molecule has 3 nitrogen and oxygen atoms in total. The van der Waals surface area contributed by atoms with Crippen molar-refractivity contribution < 1.29 is 4.79 Å². The molecule has 0 bridgehead atoms. The van der Waals surface area contributed by atoms with Crippen LogP contribution in [-0.2, 0) is 4.79 Å². The number of carbonyl (C=O) groups excluding carboxylic acids is 1. The topological polar surface area (TPSA) is 32.3 Å². The van der Waals surface area contributed by atoms with Crippen LogP contribution in [0.25, 0.3) is 0 Å². The van der Waals surface area contributed by atoms with Gasteiger partial charge in [0.05, 0.1) is 0 Å². The average Bonchev–Trinajstić information content (AvgIpc) is 2.39. The summed E-state index contributed by atoms with van der Waals surface area (Å²) in [6.45, 7) is 5.67. The van der Waals surface area contributed by atoms with Crippen LogP contribution in [0, 0.1) is 0 Å². The summed E-state index contributed by atoms with van der Waals surface area (Å²) in [6, 6.07) is 10.9. The Balaban J connectivity index is 2.10. The minimum atomic E-state index is 0.250. The summed E-state index contributed by atoms with van der Waals surface area (Å²) in [4.78, 5) is 13.8. The van der Waals surface area contributed by atoms with Gasteiger partial charge in [-0.05, 0) is 12.5 Å². The third-order valence-electron chi connectivity index (χ3n) is 3.40. The van der Waals surface area contributed by atoms with Gasteiger partial charge in [-0.15, -0.1) is 0 Å². The Morgan fingerprint density at radius 3 is 2.76 bits per heavy atom. The SMILES string of the molecule is CCC(=O)N1CC(c2ccccc2)NCC1C. The normalized spacial score (nSPS) is 24.7. The van der Waals surface area contributed by atoms with Crippen LogP contribution in [-0.4, -0.2) is 29.9 Å². The average molecular weight is 232 g/mol. The van der Waals surface area contributed by atoms with E-state index in [4.69, 9.17) is 0 Å². The molecule has 2 atom stereocenters. The second kappa shape index (κ2) is 5.32. The van der Waals surface area contributed by atoms with Gasteiger partial charge in [-0.3, -0.25) is 4.79 Å². The molecule has 2 rings (SSSR count). The summed E-state index contributed by atoms with van der Waals surface area (Å²) < 4.78 is 0. The lowest BCUT2D eigenvalue weighted by Crippen LogP contribution is -2.53. The van der Waals surface area contributed by atoms with Gasteiger partial charge in [0, 0.05) is 31.6 Å². The van der Waals surface area contributed by atoms with E-state index in [2.05, 4.69) is 24.4 Å². The van der Waals surface area contributed by atoms with E-state index in [0.29, 0.717) is 12.5 Å². The maximum atomic E-state index is 11.9. The summed E-state index contributed by atoms with van der Waals surface area (Å²) in [5.74, 6) is 0.250. The highest BCUT2D eigenvalue weighted by Gasteiger charge is 2.28. The number of nitrogens with zero attached hydrogens (tertiary/aromatic N) is 1. The van der Waals surface area contributed by atoms with E-state index in [1.165, 1.54) is 5.56 Å². The van der Waals surface area contributed by atoms with E-state index in [1.54, 1.807) is 0 Å². The van der Waals surface area contributed by atoms with Crippen LogP contribution in [0.5, 0.6) is 0 Å². The first-order valence-electron chi connectivity index (χ1n) is 6.30. The molecule has 0 aliphatic carbocycles. The number of rotatable bonds is 2. The quantitative estimate of drug-likeness (QED) is 0.845. The molecule has 0 spiro atoms. The number of hydrogen-bond donors (Lipinski definition) is 1. The Hall–Kier alpha value is -1.35. The summed E-state index contributed by atoms with van der Waals surface area (Å²) >= 11 is 0. The second-order valence-electron chi connectivity index (χ2n) is 4.62. The highest BCUT2D eigenvalue weighted by molar-refractivity contribution is 5.76. The molecule has 1 saturated heterocycles. The number of benzene rings is 1. The zero-order valence-corrected chi connectivity index (χ0v) is 10.5. The van der Waals surface area contributed by atoms with Crippen LogP contribution in [0.1, 0.15) is 31.9 Å². The second-order valence-corrected chi connectivity index (χ2v) is 4.62. The van der Waals surface area contributed by atoms with Crippen LogP contribution >= 0.6 is 0 Å². The Morgan fingerprint density at radius 2 is 2.12 bits per heavy atom. The van der Waals surface area contributed by atoms with Gasteiger partial charge in [-0.2, -0.15) is 0 Å². The standard InChI is InChI=1S/C14H20N2O/c1-3-14(17)16-10-13(15-9-11(16)2)12-7-5-4-6-8-12/h4-8,11,13,15H,3,9-10H2,1-2H3. The number of amides is 1. The molecule has 92 valence electrons. The molecule has 0 saturated carbocycles. The number of carbonyl (C=O) groups is 1. The van der Waals surface area contributed by atoms with Crippen LogP contribution < -0.4 is 5.32 Å². The highest BCUT2D eigenvalue weighted by Crippen LogP contribution is 2.20. The maximum Gasteiger partial charge on any atom is 0.222 e. The zero-order chi connectivity index (χ0) is 12.3. The summed E-state index contributed by atoms with van der Waals surface area (Å²) in [6.07, 6.45) is 0.589. The molecular formula is C14H20N2O. The molecule has 1 aliphatic heterocycles. The van der Waals surface area contributed by atoms with Gasteiger partial charge in [-0.1, -0.05) is 37.3 Å². The third-order valence-corrected chi connectivity index (χ3v) is 3.40. The molecule has 0 aromatic heterocycles. The fourth-order valence-electron chi connectivity index (χ4n) is 2.32. The lowest BCUT2D eigenvalue weighted by molar-refractivity contribution is -0.134. The minimum absolute atomic E-state index is 0.250. The first kappa shape index (κ1) is 12.1. The predicted octanol–water partition coefficient (Wildman–Crippen LogP) is 1.96. The molecule has 3 heteroatoms. The number of piperazine rings is 1. The molecular weight excluding hydrogens is 212 g/mol. The Bertz CT molecular complexity index is 377. The first-order valence-corrected chi connectivity index (χ1v) is 6.30. The fraction of sp³-hybridized carbons (Fsp3) is 0.500. The summed E-state index contributed by atoms with van der Waals surface area (Å²) in [5.41, 5.74) is 1.26. The van der Waals surface area contributed by atoms with Gasteiger partial charge in [0.25, 0.3) is 0 Å². The van der Waals surface area contributed by atoms with Gasteiger partial charge in [-0.25, -0.2) is 0 Å². The molecule has 1 amide bonds. The van der Waals surface area contributed by atoms with Crippen molar-refractivity contribution in [2.24, 2.45) is 0 Å². The lowest BCUT2D eigenvalue weighted by Gasteiger charge is -2.39. The smallest absolute Gasteiger partial charge is 0.222 e. The predicted molar refractivity (Wildman–Crippen MR) is 68.7 cm³/mol. The van der Waals surface area contributed by atoms with E-state index in [-0.39, 0.29) is 11.9 Å². The number of hydrogen-bond acceptors (Lipinski definition) is 2. The van der Waals surface area contributed by atoms with Crippen LogP contribution in [0.3, 0.4) is 0 Å². The van der Waals surface area contributed by atoms with Gasteiger partial charge in [0.2, 0.25) is 5.91 Å². The van der Waals surface area contributed by atoms with Gasteiger partial charge >= 0.3 is 0 Å². The molecule has 17 heavy (non-hydrogen) atoms. The molecule has 0 radical (unpaired) electrons. The molecule has 1 heterocycles. The highest BCUT2D eigenvalue weighted by atomic mass is 16.2. The van der Waals surface area contributed by atoms with E-state index in [1.807, 2.05) is 30.0 Å². The van der Waals surface area contributed by atoms with Crippen LogP contribution in [0.15, 0.2) is 30.3 Å². The Kier molecular flexibility index (Phi) is 3.79. The molecule has 1 aromatic rings. The summed E-state index contributed by atoms with van der Waals surface area (Å²) in [5, 5.41) is 3.50. The van der Waals surface area contributed by atoms with E-state index in [9.17, 15) is 4.79 Å². The lowest BCUT2D eigenvalue weighted by atomic mass is 10.0. The largest absolute Gasteiger partial charge is 0.337 e. The van der Waals surface area contributed by atoms with Crippen molar-refractivity contribution in [3.8, 4) is 0 Å². The molecule has 1 N–H and O–H groups in total. The third kappa shape index (κ3) is 2.67. The van der Waals surface area contributed by atoms with Crippen molar-refractivity contribution in [2.75, 3.05) is 13.1 Å². The van der Waals surface area contributed by atoms with Crippen molar-refractivity contribution in [2.45, 2.75) is 32.4 Å². The molecule has 2 unspecified atom stereocenters. The Morgan fingerprint density at radius 1 is 1.41 bits per heavy atom. The van der Waals surface area contributed by atoms with E-state index >= 15 is 0 Å². The van der Waals surface area contributed by atoms with Crippen molar-refractivity contribution >= 4 is 5.91 Å². The fourth-order valence-corrected chi connectivity index (χ4v) is 2.32. The molecule has 1 aromatic carbocycles. The van der Waals surface area contributed by atoms with Gasteiger partial charge in [0.1, 0.15) is 0 Å². The van der Waals surface area contributed by atoms with Gasteiger partial charge in [0.15, 0.2) is 0 Å². The maximum absolute atomic E-state index is 11.9. The zero-order valence-electron chi connectivity index (χ0n) is 10.5. The molecule has 1 aliphatic rings. The van der Waals surface area contributed by atoms with Crippen molar-refractivity contribution in [1.29, 1.82) is 0 Å². The van der Waals surface area contributed by atoms with Crippen molar-refractivity contribution in [3.05, 3.63) is 35.9 Å². The van der Waals surface area contributed by atoms with Crippen molar-refractivity contribution in [3.63, 3.8) is 0 Å². The summed E-state index contributed by atoms with van der Waals surface area (Å²) in [7, 11) is 0. The van der Waals surface area contributed by atoms with Crippen LogP contribution in [0.2, 0.25) is 0 Å². The monoisotopic (exact) mass is 232 g/mol. The van der Waals surface area contributed by atoms with E-state index < -0.39 is 0 Å². The van der Waals surface area contributed by atoms with Gasteiger partial charge < -0.3 is 10.2 Å². The van der Waals surface area contributed by atoms with E-state index in [0.717, 1.165) is 13.1 Å². The molecule has 1 fully saturated rings. The Labute approximate surface area is 103 Å². The number of nitrogens with one attached hydrogen (secondary N) is 1.